The fourth-order valence-corrected chi connectivity index (χ4v) is 4.77. The van der Waals surface area contributed by atoms with Gasteiger partial charge in [-0.3, -0.25) is 4.79 Å². The van der Waals surface area contributed by atoms with Gasteiger partial charge in [0.05, 0.1) is 24.0 Å². The minimum absolute atomic E-state index is 0.0612. The highest BCUT2D eigenvalue weighted by Crippen LogP contribution is 2.26. The summed E-state index contributed by atoms with van der Waals surface area (Å²) >= 11 is 1.70. The van der Waals surface area contributed by atoms with E-state index in [9.17, 15) is 4.79 Å². The SMILES string of the molecule is COC(C)c1cc(C(=O)Cc2ccccc2)n(Cc2csc(N3CCCCC3)n2)c1. The number of anilines is 1. The predicted molar refractivity (Wildman–Crippen MR) is 122 cm³/mol. The molecule has 0 amide bonds. The molecular weight excluding hydrogens is 394 g/mol. The van der Waals surface area contributed by atoms with Gasteiger partial charge in [0.2, 0.25) is 0 Å². The van der Waals surface area contributed by atoms with Gasteiger partial charge in [0.25, 0.3) is 0 Å². The Bertz CT molecular complexity index is 974. The zero-order valence-electron chi connectivity index (χ0n) is 17.7. The molecule has 4 rings (SSSR count). The number of thiazole rings is 1. The van der Waals surface area contributed by atoms with Gasteiger partial charge >= 0.3 is 0 Å². The molecule has 158 valence electrons. The van der Waals surface area contributed by atoms with Crippen molar-refractivity contribution in [3.05, 3.63) is 70.5 Å². The normalized spacial score (nSPS) is 15.3. The molecule has 1 aliphatic rings. The number of benzene rings is 1. The molecule has 3 aromatic rings. The van der Waals surface area contributed by atoms with Crippen LogP contribution in [-0.2, 0) is 17.7 Å². The summed E-state index contributed by atoms with van der Waals surface area (Å²) in [6, 6.07) is 11.9. The Hall–Kier alpha value is -2.44. The predicted octanol–water partition coefficient (Wildman–Crippen LogP) is 5.12. The fourth-order valence-electron chi connectivity index (χ4n) is 3.90. The van der Waals surface area contributed by atoms with Gasteiger partial charge in [-0.1, -0.05) is 30.3 Å². The Balaban J connectivity index is 1.56. The van der Waals surface area contributed by atoms with E-state index in [0.717, 1.165) is 35.0 Å². The first-order chi connectivity index (χ1) is 14.6. The van der Waals surface area contributed by atoms with Crippen molar-refractivity contribution in [3.63, 3.8) is 0 Å². The Kier molecular flexibility index (Phi) is 6.65. The molecule has 0 aliphatic carbocycles. The van der Waals surface area contributed by atoms with Crippen LogP contribution >= 0.6 is 11.3 Å². The summed E-state index contributed by atoms with van der Waals surface area (Å²) in [6.07, 6.45) is 6.15. The van der Waals surface area contributed by atoms with Gasteiger partial charge in [-0.15, -0.1) is 11.3 Å². The van der Waals surface area contributed by atoms with Crippen molar-refractivity contribution in [2.45, 2.75) is 45.3 Å². The number of ketones is 1. The van der Waals surface area contributed by atoms with E-state index in [4.69, 9.17) is 9.72 Å². The number of hydrogen-bond acceptors (Lipinski definition) is 5. The van der Waals surface area contributed by atoms with E-state index in [1.54, 1.807) is 18.4 Å². The average molecular weight is 424 g/mol. The van der Waals surface area contributed by atoms with Crippen molar-refractivity contribution in [2.75, 3.05) is 25.1 Å². The smallest absolute Gasteiger partial charge is 0.185 e. The zero-order chi connectivity index (χ0) is 20.9. The monoisotopic (exact) mass is 423 g/mol. The molecular formula is C24H29N3O2S. The molecule has 1 unspecified atom stereocenters. The molecule has 1 atom stereocenters. The van der Waals surface area contributed by atoms with E-state index in [0.29, 0.717) is 18.7 Å². The van der Waals surface area contributed by atoms with Crippen LogP contribution in [-0.4, -0.2) is 35.5 Å². The first kappa shape index (κ1) is 20.8. The van der Waals surface area contributed by atoms with Crippen LogP contribution in [0.2, 0.25) is 0 Å². The van der Waals surface area contributed by atoms with Crippen LogP contribution in [0.3, 0.4) is 0 Å². The van der Waals surface area contributed by atoms with Gasteiger partial charge < -0.3 is 14.2 Å². The third-order valence-corrected chi connectivity index (χ3v) is 6.68. The highest BCUT2D eigenvalue weighted by molar-refractivity contribution is 7.13. The van der Waals surface area contributed by atoms with Gasteiger partial charge in [0.1, 0.15) is 0 Å². The average Bonchev–Trinajstić information content (AvgIpc) is 3.42. The van der Waals surface area contributed by atoms with Crippen molar-refractivity contribution in [1.29, 1.82) is 0 Å². The molecule has 0 bridgehead atoms. The molecule has 0 saturated carbocycles. The van der Waals surface area contributed by atoms with Gasteiger partial charge in [-0.25, -0.2) is 4.98 Å². The van der Waals surface area contributed by atoms with E-state index in [1.165, 1.54) is 19.3 Å². The summed E-state index contributed by atoms with van der Waals surface area (Å²) in [5.41, 5.74) is 3.75. The first-order valence-corrected chi connectivity index (χ1v) is 11.5. The number of aromatic nitrogens is 2. The lowest BCUT2D eigenvalue weighted by molar-refractivity contribution is 0.0984. The standard InChI is InChI=1S/C24H29N3O2S/c1-18(29-2)20-14-22(23(28)13-19-9-5-3-6-10-19)27(15-20)16-21-17-30-24(25-21)26-11-7-4-8-12-26/h3,5-6,9-10,14-15,17-18H,4,7-8,11-13,16H2,1-2H3. The summed E-state index contributed by atoms with van der Waals surface area (Å²) in [7, 11) is 1.69. The second-order valence-electron chi connectivity index (χ2n) is 7.92. The third-order valence-electron chi connectivity index (χ3n) is 5.73. The van der Waals surface area contributed by atoms with Crippen LogP contribution in [0, 0.1) is 0 Å². The number of rotatable bonds is 8. The Labute approximate surface area is 182 Å². The number of ether oxygens (including phenoxy) is 1. The summed E-state index contributed by atoms with van der Waals surface area (Å²) in [6.45, 7) is 4.78. The second kappa shape index (κ2) is 9.58. The molecule has 6 heteroatoms. The molecule has 1 aromatic carbocycles. The molecule has 1 aliphatic heterocycles. The number of carbonyl (C=O) groups excluding carboxylic acids is 1. The third kappa shape index (κ3) is 4.82. The summed E-state index contributed by atoms with van der Waals surface area (Å²) in [4.78, 5) is 20.4. The maximum Gasteiger partial charge on any atom is 0.185 e. The van der Waals surface area contributed by atoms with Crippen molar-refractivity contribution in [3.8, 4) is 0 Å². The van der Waals surface area contributed by atoms with Crippen LogP contribution in [0.1, 0.15) is 59.6 Å². The van der Waals surface area contributed by atoms with Gasteiger partial charge in [-0.05, 0) is 43.4 Å². The van der Waals surface area contributed by atoms with Crippen molar-refractivity contribution in [2.24, 2.45) is 0 Å². The maximum atomic E-state index is 13.1. The quantitative estimate of drug-likeness (QED) is 0.472. The number of hydrogen-bond donors (Lipinski definition) is 0. The van der Waals surface area contributed by atoms with Crippen LogP contribution in [0.15, 0.2) is 48.0 Å². The maximum absolute atomic E-state index is 13.1. The van der Waals surface area contributed by atoms with Crippen molar-refractivity contribution in [1.82, 2.24) is 9.55 Å². The lowest BCUT2D eigenvalue weighted by Crippen LogP contribution is -2.29. The van der Waals surface area contributed by atoms with Crippen molar-refractivity contribution >= 4 is 22.3 Å². The number of nitrogens with zero attached hydrogens (tertiary/aromatic N) is 3. The summed E-state index contributed by atoms with van der Waals surface area (Å²) in [5.74, 6) is 0.113. The molecule has 2 aromatic heterocycles. The number of methoxy groups -OCH3 is 1. The summed E-state index contributed by atoms with van der Waals surface area (Å²) < 4.78 is 7.52. The minimum atomic E-state index is -0.0612. The van der Waals surface area contributed by atoms with Crippen molar-refractivity contribution < 1.29 is 9.53 Å². The number of Topliss-reactive ketones (excluding diaryl/α,β-unsaturated/α-hetero) is 1. The van der Waals surface area contributed by atoms with E-state index in [-0.39, 0.29) is 11.9 Å². The van der Waals surface area contributed by atoms with E-state index in [2.05, 4.69) is 10.3 Å². The fraction of sp³-hybridized carbons (Fsp3) is 0.417. The molecule has 3 heterocycles. The van der Waals surface area contributed by atoms with Gasteiger partial charge in [0, 0.05) is 38.2 Å². The summed E-state index contributed by atoms with van der Waals surface area (Å²) in [5, 5.41) is 3.22. The highest BCUT2D eigenvalue weighted by Gasteiger charge is 2.19. The highest BCUT2D eigenvalue weighted by atomic mass is 32.1. The Morgan fingerprint density at radius 1 is 1.20 bits per heavy atom. The van der Waals surface area contributed by atoms with Gasteiger partial charge in [0.15, 0.2) is 10.9 Å². The van der Waals surface area contributed by atoms with E-state index in [1.807, 2.05) is 54.1 Å². The molecule has 1 fully saturated rings. The molecule has 0 spiro atoms. The van der Waals surface area contributed by atoms with Crippen LogP contribution in [0.25, 0.3) is 0 Å². The number of piperidine rings is 1. The molecule has 5 nitrogen and oxygen atoms in total. The van der Waals surface area contributed by atoms with E-state index < -0.39 is 0 Å². The lowest BCUT2D eigenvalue weighted by atomic mass is 10.1. The van der Waals surface area contributed by atoms with Crippen LogP contribution < -0.4 is 4.90 Å². The van der Waals surface area contributed by atoms with Crippen LogP contribution in [0.5, 0.6) is 0 Å². The number of carbonyl (C=O) groups is 1. The molecule has 30 heavy (non-hydrogen) atoms. The Morgan fingerprint density at radius 2 is 1.97 bits per heavy atom. The van der Waals surface area contributed by atoms with E-state index >= 15 is 0 Å². The van der Waals surface area contributed by atoms with Gasteiger partial charge in [-0.2, -0.15) is 0 Å². The molecule has 0 radical (unpaired) electrons. The second-order valence-corrected chi connectivity index (χ2v) is 8.76. The first-order valence-electron chi connectivity index (χ1n) is 10.6. The Morgan fingerprint density at radius 3 is 2.70 bits per heavy atom. The zero-order valence-corrected chi connectivity index (χ0v) is 18.5. The topological polar surface area (TPSA) is 47.4 Å². The van der Waals surface area contributed by atoms with Crippen LogP contribution in [0.4, 0.5) is 5.13 Å². The lowest BCUT2D eigenvalue weighted by Gasteiger charge is -2.25. The largest absolute Gasteiger partial charge is 0.377 e. The minimum Gasteiger partial charge on any atom is -0.377 e. The molecule has 1 saturated heterocycles. The molecule has 0 N–H and O–H groups in total.